The SMILES string of the molecule is COc1cc(C)[nH]c(=O)c1CNC(=O)c1c(C)n(CC2CCN(CCN3CCCC3=O)CC2)c2ccccc12. The van der Waals surface area contributed by atoms with Gasteiger partial charge in [0.15, 0.2) is 0 Å². The number of para-hydroxylation sites is 1. The molecule has 1 aromatic carbocycles. The number of H-pyrrole nitrogens is 1. The summed E-state index contributed by atoms with van der Waals surface area (Å²) in [6.45, 7) is 9.51. The lowest BCUT2D eigenvalue weighted by Gasteiger charge is -2.33. The molecule has 208 valence electrons. The lowest BCUT2D eigenvalue weighted by atomic mass is 9.96. The molecular weight excluding hydrogens is 494 g/mol. The quantitative estimate of drug-likeness (QED) is 0.440. The third-order valence-corrected chi connectivity index (χ3v) is 8.34. The van der Waals surface area contributed by atoms with Gasteiger partial charge in [-0.2, -0.15) is 0 Å². The van der Waals surface area contributed by atoms with Crippen LogP contribution in [0.5, 0.6) is 5.75 Å². The van der Waals surface area contributed by atoms with Crippen LogP contribution in [0.25, 0.3) is 10.9 Å². The summed E-state index contributed by atoms with van der Waals surface area (Å²) in [5.74, 6) is 1.09. The van der Waals surface area contributed by atoms with Crippen molar-refractivity contribution in [2.24, 2.45) is 5.92 Å². The molecule has 2 saturated heterocycles. The molecule has 0 bridgehead atoms. The molecule has 4 heterocycles. The second kappa shape index (κ2) is 11.7. The van der Waals surface area contributed by atoms with Gasteiger partial charge in [0.2, 0.25) is 5.91 Å². The van der Waals surface area contributed by atoms with Gasteiger partial charge in [-0.25, -0.2) is 0 Å². The summed E-state index contributed by atoms with van der Waals surface area (Å²) in [6.07, 6.45) is 3.88. The molecule has 2 amide bonds. The molecule has 0 unspecified atom stereocenters. The maximum Gasteiger partial charge on any atom is 0.256 e. The third-order valence-electron chi connectivity index (χ3n) is 8.34. The Balaban J connectivity index is 1.26. The van der Waals surface area contributed by atoms with Crippen LogP contribution in [0.4, 0.5) is 0 Å². The fourth-order valence-corrected chi connectivity index (χ4v) is 6.10. The second-order valence-corrected chi connectivity index (χ2v) is 10.9. The Labute approximate surface area is 229 Å². The number of aromatic amines is 1. The number of hydrogen-bond donors (Lipinski definition) is 2. The Morgan fingerprint density at radius 2 is 1.87 bits per heavy atom. The average Bonchev–Trinajstić information content (AvgIpc) is 3.46. The number of aryl methyl sites for hydroxylation is 1. The second-order valence-electron chi connectivity index (χ2n) is 10.9. The van der Waals surface area contributed by atoms with E-state index in [1.165, 1.54) is 7.11 Å². The highest BCUT2D eigenvalue weighted by Crippen LogP contribution is 2.29. The highest BCUT2D eigenvalue weighted by molar-refractivity contribution is 6.08. The van der Waals surface area contributed by atoms with E-state index in [9.17, 15) is 14.4 Å². The lowest BCUT2D eigenvalue weighted by Crippen LogP contribution is -2.40. The fraction of sp³-hybridized carbons (Fsp3) is 0.500. The molecule has 3 aromatic rings. The Bertz CT molecular complexity index is 1420. The van der Waals surface area contributed by atoms with Crippen molar-refractivity contribution in [1.29, 1.82) is 0 Å². The maximum atomic E-state index is 13.5. The molecule has 9 heteroatoms. The van der Waals surface area contributed by atoms with Crippen molar-refractivity contribution in [1.82, 2.24) is 24.7 Å². The number of likely N-dealkylation sites (tertiary alicyclic amines) is 2. The topological polar surface area (TPSA) is 99.7 Å². The van der Waals surface area contributed by atoms with E-state index in [1.807, 2.05) is 30.0 Å². The number of ether oxygens (including phenoxy) is 1. The van der Waals surface area contributed by atoms with Gasteiger partial charge < -0.3 is 29.4 Å². The van der Waals surface area contributed by atoms with Crippen molar-refractivity contribution in [2.45, 2.75) is 52.6 Å². The number of nitrogens with zero attached hydrogens (tertiary/aromatic N) is 3. The summed E-state index contributed by atoms with van der Waals surface area (Å²) in [7, 11) is 1.52. The van der Waals surface area contributed by atoms with E-state index in [-0.39, 0.29) is 18.0 Å². The van der Waals surface area contributed by atoms with Gasteiger partial charge in [0.25, 0.3) is 11.5 Å². The van der Waals surface area contributed by atoms with Gasteiger partial charge in [-0.15, -0.1) is 0 Å². The predicted molar refractivity (Wildman–Crippen MR) is 151 cm³/mol. The molecule has 2 aliphatic rings. The van der Waals surface area contributed by atoms with Crippen LogP contribution in [-0.2, 0) is 17.9 Å². The van der Waals surface area contributed by atoms with Crippen molar-refractivity contribution < 1.29 is 14.3 Å². The number of pyridine rings is 1. The average molecular weight is 534 g/mol. The number of methoxy groups -OCH3 is 1. The molecular formula is C30H39N5O4. The molecule has 2 N–H and O–H groups in total. The largest absolute Gasteiger partial charge is 0.496 e. The van der Waals surface area contributed by atoms with E-state index in [0.717, 1.165) is 75.1 Å². The number of benzene rings is 1. The minimum absolute atomic E-state index is 0.0814. The van der Waals surface area contributed by atoms with Gasteiger partial charge in [0.1, 0.15) is 5.75 Å². The van der Waals surface area contributed by atoms with E-state index < -0.39 is 0 Å². The maximum absolute atomic E-state index is 13.5. The van der Waals surface area contributed by atoms with E-state index in [1.54, 1.807) is 13.0 Å². The van der Waals surface area contributed by atoms with Crippen LogP contribution in [0.15, 0.2) is 35.1 Å². The molecule has 0 saturated carbocycles. The van der Waals surface area contributed by atoms with Gasteiger partial charge in [-0.3, -0.25) is 14.4 Å². The Kier molecular flexibility index (Phi) is 8.07. The first-order valence-corrected chi connectivity index (χ1v) is 14.0. The number of nitrogens with one attached hydrogen (secondary N) is 2. The first-order chi connectivity index (χ1) is 18.9. The summed E-state index contributed by atoms with van der Waals surface area (Å²) in [5, 5.41) is 3.88. The zero-order valence-electron chi connectivity index (χ0n) is 23.2. The van der Waals surface area contributed by atoms with E-state index in [4.69, 9.17) is 4.74 Å². The monoisotopic (exact) mass is 533 g/mol. The van der Waals surface area contributed by atoms with Crippen molar-refractivity contribution in [3.8, 4) is 5.75 Å². The Hall–Kier alpha value is -3.59. The number of amides is 2. The van der Waals surface area contributed by atoms with Gasteiger partial charge in [0, 0.05) is 54.9 Å². The van der Waals surface area contributed by atoms with Crippen LogP contribution >= 0.6 is 0 Å². The van der Waals surface area contributed by atoms with Crippen LogP contribution in [0.3, 0.4) is 0 Å². The van der Waals surface area contributed by atoms with Crippen LogP contribution in [-0.4, -0.2) is 71.0 Å². The fourth-order valence-electron chi connectivity index (χ4n) is 6.10. The van der Waals surface area contributed by atoms with Gasteiger partial charge >= 0.3 is 0 Å². The van der Waals surface area contributed by atoms with Crippen molar-refractivity contribution >= 4 is 22.7 Å². The van der Waals surface area contributed by atoms with Crippen LogP contribution in [0, 0.1) is 19.8 Å². The number of piperidine rings is 1. The normalized spacial score (nSPS) is 16.8. The molecule has 0 atom stereocenters. The van der Waals surface area contributed by atoms with Crippen LogP contribution in [0.1, 0.15) is 53.0 Å². The molecule has 5 rings (SSSR count). The van der Waals surface area contributed by atoms with E-state index in [2.05, 4.69) is 25.8 Å². The summed E-state index contributed by atoms with van der Waals surface area (Å²) >= 11 is 0. The summed E-state index contributed by atoms with van der Waals surface area (Å²) < 4.78 is 7.67. The van der Waals surface area contributed by atoms with Crippen LogP contribution in [0.2, 0.25) is 0 Å². The standard InChI is InChI=1S/C30H39N5O4/c1-20-17-26(39-3)24(29(37)32-20)18-31-30(38)28-21(2)35(25-8-5-4-7-23(25)28)19-22-10-13-33(14-11-22)15-16-34-12-6-9-27(34)36/h4-5,7-8,17,22H,6,9-16,18-19H2,1-3H3,(H,31,38)(H,32,37). The number of hydrogen-bond acceptors (Lipinski definition) is 5. The highest BCUT2D eigenvalue weighted by atomic mass is 16.5. The Morgan fingerprint density at radius 1 is 1.10 bits per heavy atom. The predicted octanol–water partition coefficient (Wildman–Crippen LogP) is 3.22. The van der Waals surface area contributed by atoms with Gasteiger partial charge in [0.05, 0.1) is 24.8 Å². The number of carbonyl (C=O) groups excluding carboxylic acids is 2. The Morgan fingerprint density at radius 3 is 2.59 bits per heavy atom. The number of carbonyl (C=O) groups is 2. The number of aromatic nitrogens is 2. The van der Waals surface area contributed by atoms with E-state index in [0.29, 0.717) is 40.8 Å². The zero-order chi connectivity index (χ0) is 27.5. The van der Waals surface area contributed by atoms with Crippen LogP contribution < -0.4 is 15.6 Å². The number of fused-ring (bicyclic) bond motifs is 1. The molecule has 0 radical (unpaired) electrons. The molecule has 2 aliphatic heterocycles. The minimum atomic E-state index is -0.260. The lowest BCUT2D eigenvalue weighted by molar-refractivity contribution is -0.127. The molecule has 39 heavy (non-hydrogen) atoms. The van der Waals surface area contributed by atoms with Gasteiger partial charge in [-0.1, -0.05) is 18.2 Å². The molecule has 9 nitrogen and oxygen atoms in total. The highest BCUT2D eigenvalue weighted by Gasteiger charge is 2.26. The molecule has 2 fully saturated rings. The smallest absolute Gasteiger partial charge is 0.256 e. The first kappa shape index (κ1) is 27.0. The van der Waals surface area contributed by atoms with Gasteiger partial charge in [-0.05, 0) is 64.3 Å². The third kappa shape index (κ3) is 5.73. The van der Waals surface area contributed by atoms with Crippen molar-refractivity contribution in [3.05, 3.63) is 63.2 Å². The van der Waals surface area contributed by atoms with Crippen molar-refractivity contribution in [3.63, 3.8) is 0 Å². The zero-order valence-corrected chi connectivity index (χ0v) is 23.2. The van der Waals surface area contributed by atoms with E-state index >= 15 is 0 Å². The molecule has 2 aromatic heterocycles. The number of rotatable bonds is 9. The summed E-state index contributed by atoms with van der Waals surface area (Å²) in [6, 6.07) is 9.81. The molecule has 0 aliphatic carbocycles. The minimum Gasteiger partial charge on any atom is -0.496 e. The molecule has 0 spiro atoms. The summed E-state index contributed by atoms with van der Waals surface area (Å²) in [4.78, 5) is 45.2. The summed E-state index contributed by atoms with van der Waals surface area (Å²) in [5.41, 5.74) is 3.50. The first-order valence-electron chi connectivity index (χ1n) is 14.0. The van der Waals surface area contributed by atoms with Crippen molar-refractivity contribution in [2.75, 3.05) is 39.8 Å².